The summed E-state index contributed by atoms with van der Waals surface area (Å²) in [6.45, 7) is 6.01. The van der Waals surface area contributed by atoms with Gasteiger partial charge in [-0.3, -0.25) is 14.5 Å². The number of nitrogens with zero attached hydrogens (tertiary/aromatic N) is 1. The number of carbonyl (C=O) groups is 3. The molecule has 1 spiro atoms. The summed E-state index contributed by atoms with van der Waals surface area (Å²) >= 11 is 0. The van der Waals surface area contributed by atoms with Gasteiger partial charge in [-0.15, -0.1) is 0 Å². The molecule has 146 valence electrons. The smallest absolute Gasteiger partial charge is 0.326 e. The van der Waals surface area contributed by atoms with Gasteiger partial charge in [0, 0.05) is 0 Å². The molecule has 3 rings (SSSR count). The molecule has 2 aliphatic rings. The van der Waals surface area contributed by atoms with Crippen molar-refractivity contribution in [2.24, 2.45) is 5.92 Å². The van der Waals surface area contributed by atoms with E-state index in [-0.39, 0.29) is 25.0 Å². The number of esters is 1. The van der Waals surface area contributed by atoms with Gasteiger partial charge in [0.25, 0.3) is 5.91 Å². The molecule has 1 N–H and O–H groups in total. The second kappa shape index (κ2) is 7.71. The number of nitrogens with one attached hydrogen (secondary N) is 1. The molecule has 3 amide bonds. The zero-order chi connectivity index (χ0) is 19.6. The van der Waals surface area contributed by atoms with Crippen LogP contribution in [0, 0.1) is 5.92 Å². The number of amides is 3. The van der Waals surface area contributed by atoms with Crippen molar-refractivity contribution in [3.63, 3.8) is 0 Å². The summed E-state index contributed by atoms with van der Waals surface area (Å²) in [5, 5.41) is 2.84. The molecule has 6 nitrogen and oxygen atoms in total. The highest BCUT2D eigenvalue weighted by Crippen LogP contribution is 2.38. The Balaban J connectivity index is 1.57. The van der Waals surface area contributed by atoms with E-state index < -0.39 is 17.5 Å². The van der Waals surface area contributed by atoms with E-state index in [4.69, 9.17) is 4.74 Å². The molecule has 6 heteroatoms. The fraction of sp³-hybridized carbons (Fsp3) is 0.571. The van der Waals surface area contributed by atoms with Crippen LogP contribution in [0.25, 0.3) is 0 Å². The van der Waals surface area contributed by atoms with E-state index in [1.54, 1.807) is 0 Å². The number of ether oxygens (including phenoxy) is 1. The Labute approximate surface area is 160 Å². The van der Waals surface area contributed by atoms with Crippen LogP contribution in [0.2, 0.25) is 0 Å². The molecule has 0 radical (unpaired) electrons. The van der Waals surface area contributed by atoms with Crippen LogP contribution in [0.5, 0.6) is 0 Å². The maximum absolute atomic E-state index is 12.8. The van der Waals surface area contributed by atoms with Gasteiger partial charge < -0.3 is 10.1 Å². The number of rotatable bonds is 5. The van der Waals surface area contributed by atoms with E-state index in [9.17, 15) is 14.4 Å². The van der Waals surface area contributed by atoms with E-state index in [1.807, 2.05) is 31.2 Å². The standard InChI is InChI=1S/C21H28N2O4/c1-14(2)17-9-7-16(8-10-17)13-27-18(24)12-23-19(25)21(22-20(23)26)11-5-4-6-15(21)3/h7-10,14-15H,4-6,11-13H2,1-3H3,(H,22,26)/t15-,21+/m0/s1. The zero-order valence-corrected chi connectivity index (χ0v) is 16.3. The number of imide groups is 1. The molecular weight excluding hydrogens is 344 g/mol. The average Bonchev–Trinajstić information content (AvgIpc) is 2.88. The normalized spacial score (nSPS) is 25.2. The van der Waals surface area contributed by atoms with Gasteiger partial charge in [0.1, 0.15) is 18.7 Å². The summed E-state index contributed by atoms with van der Waals surface area (Å²) < 4.78 is 5.28. The van der Waals surface area contributed by atoms with Crippen molar-refractivity contribution in [3.05, 3.63) is 35.4 Å². The van der Waals surface area contributed by atoms with Crippen LogP contribution in [0.15, 0.2) is 24.3 Å². The molecule has 27 heavy (non-hydrogen) atoms. The summed E-state index contributed by atoms with van der Waals surface area (Å²) in [6, 6.07) is 7.38. The predicted octanol–water partition coefficient (Wildman–Crippen LogP) is 3.35. The first-order valence-corrected chi connectivity index (χ1v) is 9.72. The van der Waals surface area contributed by atoms with Gasteiger partial charge in [-0.25, -0.2) is 4.79 Å². The second-order valence-electron chi connectivity index (χ2n) is 8.00. The van der Waals surface area contributed by atoms with Crippen LogP contribution in [0.3, 0.4) is 0 Å². The maximum atomic E-state index is 12.8. The molecular formula is C21H28N2O4. The van der Waals surface area contributed by atoms with Gasteiger partial charge in [-0.2, -0.15) is 0 Å². The largest absolute Gasteiger partial charge is 0.459 e. The molecule has 1 saturated heterocycles. The lowest BCUT2D eigenvalue weighted by molar-refractivity contribution is -0.149. The van der Waals surface area contributed by atoms with Gasteiger partial charge in [0.15, 0.2) is 0 Å². The third kappa shape index (κ3) is 3.84. The van der Waals surface area contributed by atoms with Crippen molar-refractivity contribution in [2.75, 3.05) is 6.54 Å². The SMILES string of the molecule is CC(C)c1ccc(COC(=O)CN2C(=O)N[C@@]3(CCCC[C@@H]3C)C2=O)cc1. The molecule has 0 aromatic heterocycles. The van der Waals surface area contributed by atoms with Crippen LogP contribution in [-0.2, 0) is 20.9 Å². The third-order valence-electron chi connectivity index (χ3n) is 5.83. The summed E-state index contributed by atoms with van der Waals surface area (Å²) in [7, 11) is 0. The highest BCUT2D eigenvalue weighted by molar-refractivity contribution is 6.08. The van der Waals surface area contributed by atoms with Crippen molar-refractivity contribution in [1.82, 2.24) is 10.2 Å². The lowest BCUT2D eigenvalue weighted by atomic mass is 9.73. The highest BCUT2D eigenvalue weighted by atomic mass is 16.5. The first-order chi connectivity index (χ1) is 12.8. The highest BCUT2D eigenvalue weighted by Gasteiger charge is 2.55. The minimum Gasteiger partial charge on any atom is -0.459 e. The van der Waals surface area contributed by atoms with Crippen LogP contribution in [-0.4, -0.2) is 34.9 Å². The van der Waals surface area contributed by atoms with Crippen molar-refractivity contribution < 1.29 is 19.1 Å². The molecule has 1 aromatic carbocycles. The second-order valence-corrected chi connectivity index (χ2v) is 8.00. The van der Waals surface area contributed by atoms with Crippen LogP contribution < -0.4 is 5.32 Å². The number of hydrogen-bond donors (Lipinski definition) is 1. The Morgan fingerprint density at radius 2 is 1.96 bits per heavy atom. The summed E-state index contributed by atoms with van der Waals surface area (Å²) in [6.07, 6.45) is 3.49. The van der Waals surface area contributed by atoms with Gasteiger partial charge >= 0.3 is 12.0 Å². The minimum absolute atomic E-state index is 0.0724. The van der Waals surface area contributed by atoms with Crippen molar-refractivity contribution >= 4 is 17.9 Å². The van der Waals surface area contributed by atoms with E-state index >= 15 is 0 Å². The molecule has 2 fully saturated rings. The molecule has 1 aliphatic carbocycles. The number of benzene rings is 1. The van der Waals surface area contributed by atoms with Crippen LogP contribution >= 0.6 is 0 Å². The first-order valence-electron chi connectivity index (χ1n) is 9.72. The summed E-state index contributed by atoms with van der Waals surface area (Å²) in [4.78, 5) is 38.4. The van der Waals surface area contributed by atoms with Crippen molar-refractivity contribution in [2.45, 2.75) is 64.5 Å². The number of urea groups is 1. The fourth-order valence-corrected chi connectivity index (χ4v) is 3.98. The molecule has 0 bridgehead atoms. The van der Waals surface area contributed by atoms with Gasteiger partial charge in [0.05, 0.1) is 0 Å². The molecule has 2 atom stereocenters. The van der Waals surface area contributed by atoms with Crippen molar-refractivity contribution in [1.29, 1.82) is 0 Å². The van der Waals surface area contributed by atoms with E-state index in [1.165, 1.54) is 5.56 Å². The van der Waals surface area contributed by atoms with E-state index in [2.05, 4.69) is 19.2 Å². The fourth-order valence-electron chi connectivity index (χ4n) is 3.98. The van der Waals surface area contributed by atoms with Gasteiger partial charge in [-0.05, 0) is 35.8 Å². The number of hydrogen-bond acceptors (Lipinski definition) is 4. The topological polar surface area (TPSA) is 75.7 Å². The predicted molar refractivity (Wildman–Crippen MR) is 101 cm³/mol. The zero-order valence-electron chi connectivity index (χ0n) is 16.3. The Morgan fingerprint density at radius 1 is 1.26 bits per heavy atom. The quantitative estimate of drug-likeness (QED) is 0.635. The third-order valence-corrected chi connectivity index (χ3v) is 5.83. The van der Waals surface area contributed by atoms with E-state index in [0.29, 0.717) is 12.3 Å². The van der Waals surface area contributed by atoms with Crippen LogP contribution in [0.4, 0.5) is 4.79 Å². The Bertz CT molecular complexity index is 728. The molecule has 1 saturated carbocycles. The minimum atomic E-state index is -0.845. The van der Waals surface area contributed by atoms with Gasteiger partial charge in [0.2, 0.25) is 0 Å². The maximum Gasteiger partial charge on any atom is 0.326 e. The summed E-state index contributed by atoms with van der Waals surface area (Å²) in [5.74, 6) is -0.358. The Kier molecular flexibility index (Phi) is 5.53. The molecule has 1 aromatic rings. The monoisotopic (exact) mass is 372 g/mol. The molecule has 0 unspecified atom stereocenters. The number of carbonyl (C=O) groups excluding carboxylic acids is 3. The van der Waals surface area contributed by atoms with Crippen molar-refractivity contribution in [3.8, 4) is 0 Å². The lowest BCUT2D eigenvalue weighted by Gasteiger charge is -2.36. The summed E-state index contributed by atoms with van der Waals surface area (Å²) in [5.41, 5.74) is 1.25. The van der Waals surface area contributed by atoms with E-state index in [0.717, 1.165) is 29.7 Å². The molecule has 1 heterocycles. The average molecular weight is 372 g/mol. The Morgan fingerprint density at radius 3 is 2.59 bits per heavy atom. The molecule has 1 aliphatic heterocycles. The lowest BCUT2D eigenvalue weighted by Crippen LogP contribution is -2.54. The Hall–Kier alpha value is -2.37. The van der Waals surface area contributed by atoms with Gasteiger partial charge in [-0.1, -0.05) is 57.9 Å². The van der Waals surface area contributed by atoms with Crippen LogP contribution in [0.1, 0.15) is 63.5 Å². The first kappa shape index (κ1) is 19.4.